The molecule has 0 fully saturated rings. The van der Waals surface area contributed by atoms with E-state index in [1.54, 1.807) is 102 Å². The number of nitrogens with two attached hydrogens (primary N) is 2. The highest BCUT2D eigenvalue weighted by Crippen LogP contribution is 2.30. The number of likely N-dealkylation sites (N-methyl/N-ethyl adjacent to an activating group) is 5. The van der Waals surface area contributed by atoms with Crippen molar-refractivity contribution in [3.8, 4) is 11.5 Å². The number of phenolic OH excluding ortho intramolecular Hbond substituents is 2. The molecule has 0 atom stereocenters. The zero-order valence-corrected chi connectivity index (χ0v) is 66.2. The molecule has 11 N–H and O–H groups in total. The van der Waals surface area contributed by atoms with Gasteiger partial charge in [0.05, 0.1) is 61.5 Å². The van der Waals surface area contributed by atoms with Gasteiger partial charge in [0, 0.05) is 193 Å². The molecular formula is C87H101ClN8O17. The Kier molecular flexibility index (Phi) is 34.5. The lowest BCUT2D eigenvalue weighted by atomic mass is 9.91. The predicted molar refractivity (Wildman–Crippen MR) is 435 cm³/mol. The van der Waals surface area contributed by atoms with Crippen LogP contribution in [0.15, 0.2) is 220 Å². The number of nitrogen functional groups attached to an aromatic ring is 2. The standard InChI is InChI=1S/C21H28N2O3.C18H22N2O3.C16H16ClNO4.C16H18N2O3.C16H17NO4/c1-5-23(15(2)3)18-8-6-16(7-9-18)12-17-13-21(26)19(14-20(17)25)22(4)10-11-24;1-11-12(2)15(19)5-4-13(11)8-14-9-18(23)16(10-17(14)22)20(3)6-7-21;1-18(4-5-19)14-9-15(21)11(7-16(14)22)6-10-2-3-12(20)8-13(10)17;1-18(6-7-19)14-10-15(20)12(9-16(14)21)8-11-2-4-13(17)5-3-11;1-17(6-7-18)14-10-15(20)12(9-16(14)21)8-11-2-4-13(19)5-3-11/h6-9,13-15,24H,5,10-12H2,1-4H3;4-5,9-10,21H,6-8,19H2,1-3H3;2-3,7-9,19-20H,4-6H2,1H3;2-5,9-10,19H,6-8,17H2,1H3;2-5,9-10,18-19H,6-8H2,1H3. The first kappa shape index (κ1) is 90.2. The number of anilines is 3. The Labute approximate surface area is 663 Å². The van der Waals surface area contributed by atoms with Crippen molar-refractivity contribution in [1.82, 2.24) is 24.5 Å². The lowest BCUT2D eigenvalue weighted by Crippen LogP contribution is -2.30. The number of aliphatic hydroxyl groups excluding tert-OH is 5. The van der Waals surface area contributed by atoms with Crippen LogP contribution >= 0.6 is 11.6 Å². The normalized spacial score (nSPS) is 14.6. The average molecular weight is 1570 g/mol. The van der Waals surface area contributed by atoms with Crippen molar-refractivity contribution in [2.75, 3.05) is 124 Å². The van der Waals surface area contributed by atoms with Gasteiger partial charge in [0.2, 0.25) is 28.9 Å². The monoisotopic (exact) mass is 1560 g/mol. The molecule has 0 radical (unpaired) electrons. The third-order valence-corrected chi connectivity index (χ3v) is 19.4. The molecule has 26 heteroatoms. The SMILES string of the molecule is CCN(c1ccc(CC2=CC(=O)C(N(C)CCO)=CC2=O)cc1)C(C)C.CN(CCO)C1=CC(=O)C(Cc2ccc(N)cc2)=CC1=O.CN(CCO)C1=CC(=O)C(Cc2ccc(O)cc2)=CC1=O.CN(CCO)C1=CC(=O)C(Cc2ccc(O)cc2Cl)=CC1=O.Cc1c(N)ccc(CC2=CC(=O)C(N(C)CCO)=CC2=O)c1C. The van der Waals surface area contributed by atoms with Gasteiger partial charge in [0.25, 0.3) is 0 Å². The summed E-state index contributed by atoms with van der Waals surface area (Å²) in [4.78, 5) is 132. The van der Waals surface area contributed by atoms with E-state index in [2.05, 4.69) is 37.8 Å². The molecule has 0 heterocycles. The van der Waals surface area contributed by atoms with Gasteiger partial charge in [-0.2, -0.15) is 0 Å². The molecule has 25 nitrogen and oxygen atoms in total. The van der Waals surface area contributed by atoms with Gasteiger partial charge in [-0.1, -0.05) is 60.1 Å². The highest BCUT2D eigenvalue weighted by atomic mass is 35.5. The van der Waals surface area contributed by atoms with Crippen molar-refractivity contribution in [3.63, 3.8) is 0 Å². The lowest BCUT2D eigenvalue weighted by molar-refractivity contribution is -0.116. The molecule has 5 aliphatic carbocycles. The van der Waals surface area contributed by atoms with Crippen molar-refractivity contribution in [3.05, 3.63) is 264 Å². The molecule has 5 aromatic carbocycles. The Hall–Kier alpha value is -11.7. The van der Waals surface area contributed by atoms with E-state index in [9.17, 15) is 58.2 Å². The summed E-state index contributed by atoms with van der Waals surface area (Å²) in [6.45, 7) is 12.4. The number of aliphatic hydroxyl groups is 5. The molecule has 5 aliphatic rings. The minimum atomic E-state index is -0.277. The van der Waals surface area contributed by atoms with Crippen LogP contribution in [-0.2, 0) is 80.0 Å². The van der Waals surface area contributed by atoms with Crippen LogP contribution in [0.2, 0.25) is 5.02 Å². The van der Waals surface area contributed by atoms with E-state index in [-0.39, 0.29) is 121 Å². The van der Waals surface area contributed by atoms with Gasteiger partial charge in [-0.15, -0.1) is 0 Å². The summed E-state index contributed by atoms with van der Waals surface area (Å²) < 4.78 is 0. The van der Waals surface area contributed by atoms with Crippen molar-refractivity contribution >= 4 is 86.5 Å². The summed E-state index contributed by atoms with van der Waals surface area (Å²) in [6.07, 6.45) is 15.3. The Morgan fingerprint density at radius 3 is 0.938 bits per heavy atom. The van der Waals surface area contributed by atoms with Gasteiger partial charge >= 0.3 is 0 Å². The van der Waals surface area contributed by atoms with E-state index >= 15 is 0 Å². The van der Waals surface area contributed by atoms with E-state index < -0.39 is 0 Å². The smallest absolute Gasteiger partial charge is 0.202 e. The molecule has 0 bridgehead atoms. The van der Waals surface area contributed by atoms with Crippen molar-refractivity contribution in [2.45, 2.75) is 72.8 Å². The van der Waals surface area contributed by atoms with Crippen molar-refractivity contribution in [1.29, 1.82) is 0 Å². The van der Waals surface area contributed by atoms with Gasteiger partial charge in [0.1, 0.15) is 11.5 Å². The fourth-order valence-corrected chi connectivity index (χ4v) is 12.5. The first-order valence-electron chi connectivity index (χ1n) is 36.6. The van der Waals surface area contributed by atoms with Crippen LogP contribution in [-0.4, -0.2) is 232 Å². The molecule has 0 amide bonds. The maximum atomic E-state index is 12.4. The predicted octanol–water partition coefficient (Wildman–Crippen LogP) is 6.66. The molecule has 113 heavy (non-hydrogen) atoms. The fourth-order valence-electron chi connectivity index (χ4n) is 12.2. The molecular weight excluding hydrogens is 1460 g/mol. The van der Waals surface area contributed by atoms with Crippen molar-refractivity contribution in [2.24, 2.45) is 0 Å². The molecule has 10 rings (SSSR count). The second-order valence-corrected chi connectivity index (χ2v) is 27.9. The Morgan fingerprint density at radius 2 is 0.637 bits per heavy atom. The van der Waals surface area contributed by atoms with E-state index in [1.165, 1.54) is 72.9 Å². The van der Waals surface area contributed by atoms with Crippen LogP contribution in [0.3, 0.4) is 0 Å². The third kappa shape index (κ3) is 25.9. The van der Waals surface area contributed by atoms with Crippen LogP contribution in [0, 0.1) is 13.8 Å². The number of hydrogen-bond acceptors (Lipinski definition) is 25. The van der Waals surface area contributed by atoms with Crippen LogP contribution in [0.5, 0.6) is 11.5 Å². The summed E-state index contributed by atoms with van der Waals surface area (Å²) in [6, 6.07) is 30.5. The minimum absolute atomic E-state index is 0.0431. The molecule has 598 valence electrons. The molecule has 0 spiro atoms. The van der Waals surface area contributed by atoms with Crippen LogP contribution in [0.1, 0.15) is 59.7 Å². The lowest BCUT2D eigenvalue weighted by Gasteiger charge is -2.27. The van der Waals surface area contributed by atoms with E-state index in [1.807, 2.05) is 50.2 Å². The average Bonchev–Trinajstić information content (AvgIpc) is 0.834. The number of carbonyl (C=O) groups is 10. The Morgan fingerprint density at radius 1 is 0.354 bits per heavy atom. The zero-order valence-electron chi connectivity index (χ0n) is 65.4. The number of nitrogens with zero attached hydrogens (tertiary/aromatic N) is 6. The maximum absolute atomic E-state index is 12.4. The van der Waals surface area contributed by atoms with Gasteiger partial charge < -0.3 is 76.6 Å². The zero-order chi connectivity index (χ0) is 83.5. The number of aromatic hydroxyl groups is 2. The summed E-state index contributed by atoms with van der Waals surface area (Å²) in [5, 5.41) is 63.5. The Bertz CT molecular complexity index is 4600. The largest absolute Gasteiger partial charge is 0.508 e. The van der Waals surface area contributed by atoms with E-state index in [0.717, 1.165) is 51.3 Å². The minimum Gasteiger partial charge on any atom is -0.508 e. The number of hydrogen-bond donors (Lipinski definition) is 9. The van der Waals surface area contributed by atoms with Gasteiger partial charge in [0.15, 0.2) is 28.9 Å². The second-order valence-electron chi connectivity index (χ2n) is 27.5. The second kappa shape index (κ2) is 43.2. The van der Waals surface area contributed by atoms with E-state index in [0.29, 0.717) is 125 Å². The molecule has 0 aromatic heterocycles. The fraction of sp³-hybridized carbons (Fsp3) is 0.310. The topological polar surface area (TPSA) is 384 Å². The number of benzene rings is 5. The Balaban J connectivity index is 0.000000220. The van der Waals surface area contributed by atoms with Crippen molar-refractivity contribution < 1.29 is 83.7 Å². The van der Waals surface area contributed by atoms with Gasteiger partial charge in [-0.3, -0.25) is 47.9 Å². The summed E-state index contributed by atoms with van der Waals surface area (Å²) in [5.74, 6) is -1.88. The van der Waals surface area contributed by atoms with Gasteiger partial charge in [-0.05, 0) is 159 Å². The number of carbonyl (C=O) groups excluding carboxylic acids is 10. The quantitative estimate of drug-likeness (QED) is 0.0187. The van der Waals surface area contributed by atoms with E-state index in [4.69, 9.17) is 48.6 Å². The number of rotatable bonds is 28. The first-order valence-corrected chi connectivity index (χ1v) is 37.0. The molecule has 0 saturated heterocycles. The van der Waals surface area contributed by atoms with Crippen LogP contribution < -0.4 is 16.4 Å². The summed E-state index contributed by atoms with van der Waals surface area (Å²) in [5.41, 5.74) is 24.2. The molecule has 0 unspecified atom stereocenters. The number of allylic oxidation sites excluding steroid dienone is 15. The first-order chi connectivity index (χ1) is 53.6. The highest BCUT2D eigenvalue weighted by Gasteiger charge is 2.29. The third-order valence-electron chi connectivity index (χ3n) is 19.0. The molecule has 0 aliphatic heterocycles. The molecule has 5 aromatic rings. The van der Waals surface area contributed by atoms with Crippen LogP contribution in [0.4, 0.5) is 17.1 Å². The summed E-state index contributed by atoms with van der Waals surface area (Å²) in [7, 11) is 8.35. The van der Waals surface area contributed by atoms with Gasteiger partial charge in [-0.25, -0.2) is 0 Å². The number of ketones is 10. The summed E-state index contributed by atoms with van der Waals surface area (Å²) >= 11 is 6.02. The molecule has 0 saturated carbocycles. The van der Waals surface area contributed by atoms with Crippen LogP contribution in [0.25, 0.3) is 0 Å². The highest BCUT2D eigenvalue weighted by molar-refractivity contribution is 6.31. The maximum Gasteiger partial charge on any atom is 0.202 e. The number of phenols is 2. The number of halogens is 1.